The highest BCUT2D eigenvalue weighted by atomic mass is 16.2. The summed E-state index contributed by atoms with van der Waals surface area (Å²) in [5.74, 6) is -0.367. The molecule has 0 spiro atoms. The molecule has 4 rings (SSSR count). The quantitative estimate of drug-likeness (QED) is 0.684. The maximum Gasteiger partial charge on any atom is 0.251 e. The van der Waals surface area contributed by atoms with Crippen LogP contribution in [0.3, 0.4) is 0 Å². The van der Waals surface area contributed by atoms with E-state index in [1.54, 1.807) is 18.2 Å². The molecule has 30 heavy (non-hydrogen) atoms. The number of allylic oxidation sites excluding steroid dienone is 2. The predicted octanol–water partition coefficient (Wildman–Crippen LogP) is 2.48. The summed E-state index contributed by atoms with van der Waals surface area (Å²) in [6.45, 7) is 5.90. The first-order valence-corrected chi connectivity index (χ1v) is 10.7. The number of primary amides is 1. The minimum atomic E-state index is -0.468. The first kappa shape index (κ1) is 20.3. The molecule has 1 fully saturated rings. The minimum Gasteiger partial charge on any atom is -0.366 e. The average Bonchev–Trinajstić information content (AvgIpc) is 3.18. The van der Waals surface area contributed by atoms with Gasteiger partial charge in [0.1, 0.15) is 0 Å². The van der Waals surface area contributed by atoms with Crippen LogP contribution < -0.4 is 11.1 Å². The molecule has 1 aliphatic heterocycles. The number of hydrogen-bond acceptors (Lipinski definition) is 4. The average molecular weight is 408 g/mol. The van der Waals surface area contributed by atoms with Crippen LogP contribution in [0.25, 0.3) is 10.9 Å². The molecule has 4 N–H and O–H groups in total. The Kier molecular flexibility index (Phi) is 5.99. The summed E-state index contributed by atoms with van der Waals surface area (Å²) in [5, 5.41) is 11.4. The molecule has 1 saturated heterocycles. The van der Waals surface area contributed by atoms with Crippen molar-refractivity contribution in [2.24, 2.45) is 11.7 Å². The fraction of sp³-hybridized carbons (Fsp3) is 0.435. The van der Waals surface area contributed by atoms with Crippen LogP contribution in [-0.2, 0) is 4.79 Å². The van der Waals surface area contributed by atoms with Crippen LogP contribution >= 0.6 is 0 Å². The van der Waals surface area contributed by atoms with Crippen molar-refractivity contribution in [1.29, 1.82) is 0 Å². The van der Waals surface area contributed by atoms with Gasteiger partial charge in [-0.3, -0.25) is 14.7 Å². The van der Waals surface area contributed by atoms with Gasteiger partial charge in [0.15, 0.2) is 0 Å². The van der Waals surface area contributed by atoms with E-state index in [0.717, 1.165) is 36.2 Å². The Morgan fingerprint density at radius 1 is 1.27 bits per heavy atom. The molecule has 0 radical (unpaired) electrons. The third-order valence-corrected chi connectivity index (χ3v) is 6.13. The highest BCUT2D eigenvalue weighted by molar-refractivity contribution is 5.98. The topological polar surface area (TPSA) is 104 Å². The molecule has 2 aliphatic rings. The summed E-state index contributed by atoms with van der Waals surface area (Å²) in [4.78, 5) is 26.7. The van der Waals surface area contributed by atoms with Gasteiger partial charge < -0.3 is 16.0 Å². The van der Waals surface area contributed by atoms with Gasteiger partial charge in [-0.25, -0.2) is 0 Å². The molecule has 2 unspecified atom stereocenters. The number of benzene rings is 1. The first-order valence-electron chi connectivity index (χ1n) is 10.7. The van der Waals surface area contributed by atoms with Gasteiger partial charge in [0.05, 0.1) is 11.2 Å². The second-order valence-corrected chi connectivity index (χ2v) is 8.26. The summed E-state index contributed by atoms with van der Waals surface area (Å²) in [6, 6.07) is 5.24. The number of amides is 2. The van der Waals surface area contributed by atoms with Gasteiger partial charge in [0, 0.05) is 35.5 Å². The van der Waals surface area contributed by atoms with E-state index in [9.17, 15) is 9.59 Å². The van der Waals surface area contributed by atoms with E-state index in [0.29, 0.717) is 17.7 Å². The van der Waals surface area contributed by atoms with Gasteiger partial charge in [-0.05, 0) is 50.0 Å². The zero-order valence-corrected chi connectivity index (χ0v) is 17.4. The largest absolute Gasteiger partial charge is 0.366 e. The standard InChI is InChI=1S/C23H29N5O2/c1-15-5-6-17(23(30)25-9-12-28-10-3-2-4-11-28)14-18(15)21-19-13-16(22(24)29)7-8-20(19)26-27-21/h5-8,13-15,18H,2-4,9-12H2,1H3,(H2,24,29)(H,25,30)(H,26,27). The van der Waals surface area contributed by atoms with Crippen molar-refractivity contribution in [1.82, 2.24) is 20.4 Å². The number of rotatable bonds is 6. The fourth-order valence-electron chi connectivity index (χ4n) is 4.32. The van der Waals surface area contributed by atoms with Crippen LogP contribution in [0.2, 0.25) is 0 Å². The fourth-order valence-corrected chi connectivity index (χ4v) is 4.32. The lowest BCUT2D eigenvalue weighted by Crippen LogP contribution is -2.38. The van der Waals surface area contributed by atoms with Crippen molar-refractivity contribution in [2.45, 2.75) is 32.1 Å². The molecule has 158 valence electrons. The smallest absolute Gasteiger partial charge is 0.251 e. The second kappa shape index (κ2) is 8.83. The third-order valence-electron chi connectivity index (χ3n) is 6.13. The monoisotopic (exact) mass is 407 g/mol. The number of hydrogen-bond donors (Lipinski definition) is 3. The Bertz CT molecular complexity index is 1000. The van der Waals surface area contributed by atoms with Gasteiger partial charge in [0.2, 0.25) is 5.91 Å². The maximum atomic E-state index is 12.7. The predicted molar refractivity (Wildman–Crippen MR) is 117 cm³/mol. The van der Waals surface area contributed by atoms with Crippen LogP contribution in [0.5, 0.6) is 0 Å². The van der Waals surface area contributed by atoms with Crippen molar-refractivity contribution in [3.8, 4) is 0 Å². The number of likely N-dealkylation sites (tertiary alicyclic amines) is 1. The SMILES string of the molecule is CC1C=CC(C(=O)NCCN2CCCCC2)=CC1c1[nH]nc2ccc(C(N)=O)cc12. The van der Waals surface area contributed by atoms with Gasteiger partial charge in [-0.2, -0.15) is 5.10 Å². The van der Waals surface area contributed by atoms with E-state index in [1.165, 1.54) is 19.3 Å². The number of H-pyrrole nitrogens is 1. The van der Waals surface area contributed by atoms with E-state index in [-0.39, 0.29) is 17.7 Å². The summed E-state index contributed by atoms with van der Waals surface area (Å²) >= 11 is 0. The lowest BCUT2D eigenvalue weighted by molar-refractivity contribution is -0.117. The number of aromatic nitrogens is 2. The summed E-state index contributed by atoms with van der Waals surface area (Å²) in [5.41, 5.74) is 8.22. The lowest BCUT2D eigenvalue weighted by Gasteiger charge is -2.26. The number of nitrogens with two attached hydrogens (primary N) is 1. The van der Waals surface area contributed by atoms with Gasteiger partial charge in [-0.15, -0.1) is 0 Å². The normalized spacial score (nSPS) is 22.1. The number of nitrogens with one attached hydrogen (secondary N) is 2. The van der Waals surface area contributed by atoms with Gasteiger partial charge >= 0.3 is 0 Å². The number of nitrogens with zero attached hydrogens (tertiary/aromatic N) is 2. The van der Waals surface area contributed by atoms with Crippen molar-refractivity contribution >= 4 is 22.7 Å². The highest BCUT2D eigenvalue weighted by Crippen LogP contribution is 2.35. The van der Waals surface area contributed by atoms with Crippen molar-refractivity contribution < 1.29 is 9.59 Å². The minimum absolute atomic E-state index is 0.0361. The molecule has 0 saturated carbocycles. The molecule has 2 heterocycles. The van der Waals surface area contributed by atoms with Gasteiger partial charge in [0.25, 0.3) is 5.91 Å². The molecule has 1 aliphatic carbocycles. The Hall–Kier alpha value is -2.93. The number of carbonyl (C=O) groups is 2. The van der Waals surface area contributed by atoms with Crippen molar-refractivity contribution in [2.75, 3.05) is 26.2 Å². The molecule has 0 bridgehead atoms. The number of carbonyl (C=O) groups excluding carboxylic acids is 2. The van der Waals surface area contributed by atoms with Crippen LogP contribution in [0, 0.1) is 5.92 Å². The van der Waals surface area contributed by atoms with E-state index in [4.69, 9.17) is 5.73 Å². The van der Waals surface area contributed by atoms with E-state index < -0.39 is 5.91 Å². The molecular weight excluding hydrogens is 378 g/mol. The van der Waals surface area contributed by atoms with Crippen LogP contribution in [-0.4, -0.2) is 53.1 Å². The van der Waals surface area contributed by atoms with E-state index in [1.807, 2.05) is 12.2 Å². The lowest BCUT2D eigenvalue weighted by atomic mass is 9.83. The number of piperidine rings is 1. The Morgan fingerprint density at radius 3 is 2.83 bits per heavy atom. The Labute approximate surface area is 176 Å². The summed E-state index contributed by atoms with van der Waals surface area (Å²) < 4.78 is 0. The third kappa shape index (κ3) is 4.31. The van der Waals surface area contributed by atoms with Crippen LogP contribution in [0.4, 0.5) is 0 Å². The zero-order chi connectivity index (χ0) is 21.1. The summed E-state index contributed by atoms with van der Waals surface area (Å²) in [6.07, 6.45) is 9.74. The van der Waals surface area contributed by atoms with Crippen LogP contribution in [0.15, 0.2) is 42.0 Å². The molecule has 2 amide bonds. The highest BCUT2D eigenvalue weighted by Gasteiger charge is 2.25. The van der Waals surface area contributed by atoms with E-state index in [2.05, 4.69) is 33.4 Å². The maximum absolute atomic E-state index is 12.7. The summed E-state index contributed by atoms with van der Waals surface area (Å²) in [7, 11) is 0. The molecule has 7 nitrogen and oxygen atoms in total. The molecule has 2 atom stereocenters. The molecule has 7 heteroatoms. The number of aromatic amines is 1. The Balaban J connectivity index is 1.49. The number of fused-ring (bicyclic) bond motifs is 1. The van der Waals surface area contributed by atoms with Gasteiger partial charge in [-0.1, -0.05) is 31.6 Å². The second-order valence-electron chi connectivity index (χ2n) is 8.26. The molecule has 1 aromatic carbocycles. The Morgan fingerprint density at radius 2 is 2.07 bits per heavy atom. The zero-order valence-electron chi connectivity index (χ0n) is 17.4. The first-order chi connectivity index (χ1) is 14.5. The molecular formula is C23H29N5O2. The molecule has 1 aromatic heterocycles. The van der Waals surface area contributed by atoms with E-state index >= 15 is 0 Å². The van der Waals surface area contributed by atoms with Crippen molar-refractivity contribution in [3.05, 3.63) is 53.3 Å². The van der Waals surface area contributed by atoms with Crippen molar-refractivity contribution in [3.63, 3.8) is 0 Å². The van der Waals surface area contributed by atoms with Crippen LogP contribution in [0.1, 0.15) is 48.2 Å². The molecule has 2 aromatic rings.